The Morgan fingerprint density at radius 1 is 0.369 bits per heavy atom. The minimum Gasteiger partial charge on any atom is -0.391 e. The van der Waals surface area contributed by atoms with Crippen LogP contribution in [0.25, 0.3) is 0 Å². The van der Waals surface area contributed by atoms with E-state index in [1.54, 1.807) is 33.0 Å². The third-order valence-electron chi connectivity index (χ3n) is 24.2. The van der Waals surface area contributed by atoms with Crippen LogP contribution in [-0.4, -0.2) is 262 Å². The normalized spacial score (nSPS) is 29.8. The van der Waals surface area contributed by atoms with Gasteiger partial charge in [0.1, 0.15) is 66.5 Å². The second-order valence-electron chi connectivity index (χ2n) is 32.9. The Morgan fingerprint density at radius 3 is 1.07 bits per heavy atom. The number of carbonyl (C=O) groups is 12. The molecule has 2 heterocycles. The van der Waals surface area contributed by atoms with Crippen LogP contribution in [0.5, 0.6) is 0 Å². The third kappa shape index (κ3) is 23.3. The Hall–Kier alpha value is -6.40. The minimum atomic E-state index is -1.62. The molecule has 0 spiro atoms. The first-order valence-electron chi connectivity index (χ1n) is 39.7. The Balaban J connectivity index is 1.48. The number of amides is 12. The maximum Gasteiger partial charge on any atom is 0.248 e. The first-order valence-corrected chi connectivity index (χ1v) is 39.7. The summed E-state index contributed by atoms with van der Waals surface area (Å²) < 4.78 is 0. The van der Waals surface area contributed by atoms with Crippen molar-refractivity contribution in [2.45, 2.75) is 321 Å². The Kier molecular flexibility index (Phi) is 33.5. The Morgan fingerprint density at radius 2 is 0.680 bits per heavy atom. The molecule has 25 heteroatoms. The van der Waals surface area contributed by atoms with Gasteiger partial charge in [-0.1, -0.05) is 156 Å². The van der Waals surface area contributed by atoms with Crippen molar-refractivity contribution >= 4 is 70.9 Å². The summed E-state index contributed by atoms with van der Waals surface area (Å²) in [5, 5.41) is 20.3. The summed E-state index contributed by atoms with van der Waals surface area (Å²) in [4.78, 5) is 195. The molecule has 12 amide bonds. The average Bonchev–Trinajstić information content (AvgIpc) is 0.807. The molecule has 103 heavy (non-hydrogen) atoms. The van der Waals surface area contributed by atoms with Crippen molar-refractivity contribution in [3.05, 3.63) is 0 Å². The topological polar surface area (TPSA) is 290 Å². The number of hydrogen-bond donors (Lipinski definition) is 4. The molecule has 0 radical (unpaired) electrons. The molecule has 0 aromatic rings. The fraction of sp³-hybridized carbons (Fsp3) is 0.846. The number of piperidine rings is 1. The van der Waals surface area contributed by atoms with Gasteiger partial charge in [-0.05, 0) is 121 Å². The summed E-state index contributed by atoms with van der Waals surface area (Å²) in [6.07, 6.45) is 19.4. The number of nitrogens with one attached hydrogen (secondary N) is 3. The SMILES string of the molecule is CC(C)C[C@H]1C(=O)N(C)[C@@H](CC2CCCCC2)C(=O)N(C)[C@@H](CC2CCCCC2)C(=O)N[C@@H]([C@@H](C)O)C(=O)N(C)[C@@H](C)C(=O)N(C)[C@@H](CC2CCCCC2)C(=O)N[C@H](C(=O)N2CCCCC2)CC(=O)N(C)[C@@H](C)C(=O)N(C)[C@@H](CC(C)C)C(=O)N(C)[C@@H](CC2CCCCC2)C(=O)N[C@@H](C)C(=O)N1C. The standard InChI is InChI=1S/C78H134N12O13/c1-49(2)42-63-76(101)89(16)65(47-58-38-28-20-29-39-58)77(102)86(13)62(46-57-36-26-19-27-37-57)70(95)81-67(54(8)91)78(103)83(10)53(7)73(98)84(11)61(45-56-34-24-18-25-35-56)69(94)80-59(74(99)90-40-30-21-31-41-90)48-66(92)82(9)52(6)72(97)88(15)64(43-50(3)4)75(100)85(12)60(44-55-32-22-17-23-33-55)68(93)79-51(5)71(96)87(63)14/h49-65,67,91H,17-48H2,1-16H3,(H,79,93)(H,80,94)(H,81,95)/t51-,52-,53-,54+,59-,60-,61-,62-,63-,64-,65-,67-/m0/s1. The Labute approximate surface area is 616 Å². The molecule has 4 N–H and O–H groups in total. The van der Waals surface area contributed by atoms with Crippen LogP contribution in [0.2, 0.25) is 0 Å². The molecule has 4 saturated carbocycles. The maximum absolute atomic E-state index is 15.8. The molecule has 25 nitrogen and oxygen atoms in total. The van der Waals surface area contributed by atoms with Crippen molar-refractivity contribution in [2.75, 3.05) is 69.5 Å². The van der Waals surface area contributed by atoms with Crippen molar-refractivity contribution in [2.24, 2.45) is 35.5 Å². The number of carbonyl (C=O) groups excluding carboxylic acids is 12. The fourth-order valence-electron chi connectivity index (χ4n) is 17.1. The smallest absolute Gasteiger partial charge is 0.248 e. The van der Waals surface area contributed by atoms with Crippen LogP contribution in [-0.2, 0) is 57.5 Å². The van der Waals surface area contributed by atoms with Crippen LogP contribution in [0, 0.1) is 35.5 Å². The van der Waals surface area contributed by atoms with Crippen LogP contribution in [0.3, 0.4) is 0 Å². The summed E-state index contributed by atoms with van der Waals surface area (Å²) in [6.45, 7) is 14.4. The van der Waals surface area contributed by atoms with E-state index in [2.05, 4.69) is 16.0 Å². The van der Waals surface area contributed by atoms with Crippen molar-refractivity contribution in [3.63, 3.8) is 0 Å². The van der Waals surface area contributed by atoms with E-state index in [4.69, 9.17) is 0 Å². The van der Waals surface area contributed by atoms with Crippen LogP contribution in [0.15, 0.2) is 0 Å². The van der Waals surface area contributed by atoms with Gasteiger partial charge >= 0.3 is 0 Å². The quantitative estimate of drug-likeness (QED) is 0.138. The summed E-state index contributed by atoms with van der Waals surface area (Å²) in [7, 11) is 12.0. The van der Waals surface area contributed by atoms with Gasteiger partial charge in [-0.2, -0.15) is 0 Å². The zero-order chi connectivity index (χ0) is 76.3. The fourth-order valence-corrected chi connectivity index (χ4v) is 17.1. The molecule has 2 saturated heterocycles. The molecule has 6 rings (SSSR count). The third-order valence-corrected chi connectivity index (χ3v) is 24.2. The highest BCUT2D eigenvalue weighted by atomic mass is 16.3. The van der Waals surface area contributed by atoms with Gasteiger partial charge in [0.15, 0.2) is 0 Å². The van der Waals surface area contributed by atoms with Crippen molar-refractivity contribution in [3.8, 4) is 0 Å². The molecule has 0 unspecified atom stereocenters. The molecule has 6 fully saturated rings. The summed E-state index contributed by atoms with van der Waals surface area (Å²) in [5.74, 6) is -7.52. The van der Waals surface area contributed by atoms with E-state index in [9.17, 15) is 19.5 Å². The van der Waals surface area contributed by atoms with E-state index in [0.29, 0.717) is 25.9 Å². The number of rotatable bonds is 14. The largest absolute Gasteiger partial charge is 0.391 e. The number of likely N-dealkylation sites (N-methyl/N-ethyl adjacent to an activating group) is 8. The van der Waals surface area contributed by atoms with Crippen LogP contribution in [0.1, 0.15) is 248 Å². The number of likely N-dealkylation sites (tertiary alicyclic amines) is 1. The zero-order valence-corrected chi connectivity index (χ0v) is 65.9. The Bertz CT molecular complexity index is 2860. The van der Waals surface area contributed by atoms with E-state index in [1.807, 2.05) is 27.7 Å². The molecule has 12 atom stereocenters. The average molecular weight is 1450 g/mol. The van der Waals surface area contributed by atoms with Gasteiger partial charge in [0.25, 0.3) is 0 Å². The van der Waals surface area contributed by atoms with Gasteiger partial charge in [-0.25, -0.2) is 0 Å². The van der Waals surface area contributed by atoms with Crippen LogP contribution >= 0.6 is 0 Å². The molecule has 2 aliphatic heterocycles. The van der Waals surface area contributed by atoms with Crippen molar-refractivity contribution in [1.29, 1.82) is 0 Å². The van der Waals surface area contributed by atoms with E-state index in [-0.39, 0.29) is 74.0 Å². The molecular formula is C78H134N12O13. The second-order valence-corrected chi connectivity index (χ2v) is 32.9. The van der Waals surface area contributed by atoms with Crippen LogP contribution in [0.4, 0.5) is 0 Å². The van der Waals surface area contributed by atoms with Crippen molar-refractivity contribution < 1.29 is 62.6 Å². The minimum absolute atomic E-state index is 0.00178. The second kappa shape index (κ2) is 40.4. The molecule has 0 aromatic heterocycles. The van der Waals surface area contributed by atoms with Crippen LogP contribution < -0.4 is 16.0 Å². The maximum atomic E-state index is 15.8. The van der Waals surface area contributed by atoms with E-state index < -0.39 is 150 Å². The number of aliphatic hydroxyl groups is 1. The molecule has 584 valence electrons. The van der Waals surface area contributed by atoms with E-state index in [0.717, 1.165) is 140 Å². The highest BCUT2D eigenvalue weighted by Gasteiger charge is 2.46. The predicted molar refractivity (Wildman–Crippen MR) is 396 cm³/mol. The summed E-state index contributed by atoms with van der Waals surface area (Å²) in [5.41, 5.74) is 0. The number of nitrogens with zero attached hydrogens (tertiary/aromatic N) is 9. The highest BCUT2D eigenvalue weighted by molar-refractivity contribution is 6.00. The molecule has 0 bridgehead atoms. The number of aliphatic hydroxyl groups excluding tert-OH is 1. The number of hydrogen-bond acceptors (Lipinski definition) is 13. The first kappa shape index (κ1) is 85.5. The van der Waals surface area contributed by atoms with Crippen molar-refractivity contribution in [1.82, 2.24) is 60.0 Å². The summed E-state index contributed by atoms with van der Waals surface area (Å²) in [6, 6.07) is -13.6. The lowest BCUT2D eigenvalue weighted by Gasteiger charge is -2.41. The monoisotopic (exact) mass is 1450 g/mol. The first-order chi connectivity index (χ1) is 48.7. The zero-order valence-electron chi connectivity index (χ0n) is 65.9. The lowest BCUT2D eigenvalue weighted by molar-refractivity contribution is -0.154. The molecule has 4 aliphatic carbocycles. The van der Waals surface area contributed by atoms with Gasteiger partial charge in [-0.15, -0.1) is 0 Å². The lowest BCUT2D eigenvalue weighted by Crippen LogP contribution is -2.62. The van der Waals surface area contributed by atoms with E-state index >= 15 is 43.2 Å². The van der Waals surface area contributed by atoms with Gasteiger partial charge < -0.3 is 65.2 Å². The van der Waals surface area contributed by atoms with Gasteiger partial charge in [0, 0.05) is 69.5 Å². The van der Waals surface area contributed by atoms with E-state index in [1.165, 1.54) is 90.3 Å². The molecular weight excluding hydrogens is 1310 g/mol. The van der Waals surface area contributed by atoms with Gasteiger partial charge in [0.05, 0.1) is 12.5 Å². The lowest BCUT2D eigenvalue weighted by atomic mass is 9.83. The molecule has 0 aromatic carbocycles. The van der Waals surface area contributed by atoms with Gasteiger partial charge in [0.2, 0.25) is 70.9 Å². The highest BCUT2D eigenvalue weighted by Crippen LogP contribution is 2.35. The molecule has 6 aliphatic rings. The summed E-state index contributed by atoms with van der Waals surface area (Å²) >= 11 is 0. The predicted octanol–water partition coefficient (Wildman–Crippen LogP) is 6.89. The van der Waals surface area contributed by atoms with Gasteiger partial charge in [-0.3, -0.25) is 57.5 Å².